The summed E-state index contributed by atoms with van der Waals surface area (Å²) < 4.78 is 6.05. The molecule has 1 aromatic heterocycles. The van der Waals surface area contributed by atoms with Crippen LogP contribution in [0.4, 0.5) is 5.82 Å². The van der Waals surface area contributed by atoms with Gasteiger partial charge in [0.05, 0.1) is 6.04 Å². The van der Waals surface area contributed by atoms with Crippen LogP contribution in [0.3, 0.4) is 0 Å². The van der Waals surface area contributed by atoms with Gasteiger partial charge in [0.25, 0.3) is 0 Å². The Morgan fingerprint density at radius 2 is 2.14 bits per heavy atom. The molecule has 0 aromatic carbocycles. The standard InChI is InChI=1S/C17H25N3O/c1-12(2)19-6-7-20-15(10-19)11-21-16-8-14(9-18-17(16)20)13-4-3-5-13/h8-9,12-13,15H,3-7,10-11H2,1-2H3/t15-/m1/s1. The molecule has 1 saturated heterocycles. The Bertz CT molecular complexity index is 527. The van der Waals surface area contributed by atoms with Crippen molar-refractivity contribution in [1.29, 1.82) is 0 Å². The summed E-state index contributed by atoms with van der Waals surface area (Å²) in [6, 6.07) is 3.32. The summed E-state index contributed by atoms with van der Waals surface area (Å²) in [5.74, 6) is 2.80. The highest BCUT2D eigenvalue weighted by atomic mass is 16.5. The molecule has 4 heteroatoms. The molecule has 2 aliphatic heterocycles. The second-order valence-electron chi connectivity index (χ2n) is 6.97. The van der Waals surface area contributed by atoms with Crippen molar-refractivity contribution in [2.75, 3.05) is 31.1 Å². The molecule has 3 aliphatic rings. The highest BCUT2D eigenvalue weighted by Crippen LogP contribution is 2.40. The van der Waals surface area contributed by atoms with E-state index < -0.39 is 0 Å². The SMILES string of the molecule is CC(C)N1CCN2c3ncc(C4CCC4)cc3OC[C@H]2C1. The lowest BCUT2D eigenvalue weighted by atomic mass is 9.80. The number of anilines is 1. The van der Waals surface area contributed by atoms with E-state index in [0.29, 0.717) is 12.1 Å². The summed E-state index contributed by atoms with van der Waals surface area (Å²) in [4.78, 5) is 9.76. The first-order valence-corrected chi connectivity index (χ1v) is 8.36. The molecule has 0 spiro atoms. The fraction of sp³-hybridized carbons (Fsp3) is 0.706. The Hall–Kier alpha value is -1.29. The van der Waals surface area contributed by atoms with Crippen molar-refractivity contribution in [2.45, 2.75) is 51.1 Å². The first-order chi connectivity index (χ1) is 10.2. The molecule has 21 heavy (non-hydrogen) atoms. The van der Waals surface area contributed by atoms with Crippen molar-refractivity contribution in [2.24, 2.45) is 0 Å². The van der Waals surface area contributed by atoms with Crippen LogP contribution in [-0.2, 0) is 0 Å². The van der Waals surface area contributed by atoms with Crippen molar-refractivity contribution in [3.05, 3.63) is 17.8 Å². The number of rotatable bonds is 2. The number of piperazine rings is 1. The van der Waals surface area contributed by atoms with Crippen LogP contribution in [0.2, 0.25) is 0 Å². The van der Waals surface area contributed by atoms with Gasteiger partial charge in [0.2, 0.25) is 0 Å². The number of hydrogen-bond acceptors (Lipinski definition) is 4. The van der Waals surface area contributed by atoms with Crippen LogP contribution in [0.1, 0.15) is 44.6 Å². The van der Waals surface area contributed by atoms with Crippen molar-refractivity contribution in [1.82, 2.24) is 9.88 Å². The third kappa shape index (κ3) is 2.30. The molecular formula is C17H25N3O. The van der Waals surface area contributed by atoms with Gasteiger partial charge in [0.1, 0.15) is 6.61 Å². The van der Waals surface area contributed by atoms with Gasteiger partial charge in [-0.15, -0.1) is 0 Å². The molecule has 4 rings (SSSR count). The van der Waals surface area contributed by atoms with Gasteiger partial charge in [-0.1, -0.05) is 6.42 Å². The molecule has 0 N–H and O–H groups in total. The molecule has 0 amide bonds. The quantitative estimate of drug-likeness (QED) is 0.836. The van der Waals surface area contributed by atoms with E-state index in [9.17, 15) is 0 Å². The first kappa shape index (κ1) is 13.4. The van der Waals surface area contributed by atoms with Crippen molar-refractivity contribution < 1.29 is 4.74 Å². The first-order valence-electron chi connectivity index (χ1n) is 8.36. The van der Waals surface area contributed by atoms with Crippen LogP contribution in [0.5, 0.6) is 5.75 Å². The minimum Gasteiger partial charge on any atom is -0.487 e. The van der Waals surface area contributed by atoms with Gasteiger partial charge in [0.15, 0.2) is 11.6 Å². The third-order valence-electron chi connectivity index (χ3n) is 5.38. The molecule has 1 aliphatic carbocycles. The fourth-order valence-electron chi connectivity index (χ4n) is 3.70. The molecule has 0 radical (unpaired) electrons. The lowest BCUT2D eigenvalue weighted by molar-refractivity contribution is 0.140. The minimum atomic E-state index is 0.454. The molecule has 1 atom stereocenters. The predicted octanol–water partition coefficient (Wildman–Crippen LogP) is 2.64. The van der Waals surface area contributed by atoms with E-state index in [0.717, 1.165) is 43.7 Å². The summed E-state index contributed by atoms with van der Waals surface area (Å²) in [5.41, 5.74) is 1.37. The smallest absolute Gasteiger partial charge is 0.171 e. The summed E-state index contributed by atoms with van der Waals surface area (Å²) in [6.45, 7) is 8.62. The number of hydrogen-bond donors (Lipinski definition) is 0. The topological polar surface area (TPSA) is 28.6 Å². The van der Waals surface area contributed by atoms with Crippen LogP contribution >= 0.6 is 0 Å². The molecule has 0 unspecified atom stereocenters. The summed E-state index contributed by atoms with van der Waals surface area (Å²) in [5, 5.41) is 0. The van der Waals surface area contributed by atoms with Crippen molar-refractivity contribution in [3.63, 3.8) is 0 Å². The largest absolute Gasteiger partial charge is 0.487 e. The van der Waals surface area contributed by atoms with Gasteiger partial charge >= 0.3 is 0 Å². The highest BCUT2D eigenvalue weighted by Gasteiger charge is 2.35. The lowest BCUT2D eigenvalue weighted by Crippen LogP contribution is -2.58. The van der Waals surface area contributed by atoms with E-state index in [1.54, 1.807) is 0 Å². The lowest BCUT2D eigenvalue weighted by Gasteiger charge is -2.46. The Labute approximate surface area is 127 Å². The van der Waals surface area contributed by atoms with E-state index in [-0.39, 0.29) is 0 Å². The van der Waals surface area contributed by atoms with Gasteiger partial charge in [-0.3, -0.25) is 4.90 Å². The molecule has 0 bridgehead atoms. The molecule has 4 nitrogen and oxygen atoms in total. The zero-order valence-electron chi connectivity index (χ0n) is 13.1. The van der Waals surface area contributed by atoms with Crippen LogP contribution in [0.25, 0.3) is 0 Å². The van der Waals surface area contributed by atoms with E-state index in [4.69, 9.17) is 9.72 Å². The molecule has 114 valence electrons. The van der Waals surface area contributed by atoms with Gasteiger partial charge < -0.3 is 9.64 Å². The second kappa shape index (κ2) is 5.16. The average Bonchev–Trinajstić information content (AvgIpc) is 2.44. The van der Waals surface area contributed by atoms with Gasteiger partial charge in [-0.25, -0.2) is 4.98 Å². The zero-order valence-corrected chi connectivity index (χ0v) is 13.1. The van der Waals surface area contributed by atoms with Gasteiger partial charge in [-0.05, 0) is 44.2 Å². The Morgan fingerprint density at radius 1 is 1.29 bits per heavy atom. The predicted molar refractivity (Wildman–Crippen MR) is 84.2 cm³/mol. The Morgan fingerprint density at radius 3 is 2.86 bits per heavy atom. The maximum Gasteiger partial charge on any atom is 0.171 e. The van der Waals surface area contributed by atoms with E-state index in [1.807, 2.05) is 0 Å². The average molecular weight is 287 g/mol. The number of ether oxygens (including phenoxy) is 1. The summed E-state index contributed by atoms with van der Waals surface area (Å²) in [6.07, 6.45) is 6.08. The van der Waals surface area contributed by atoms with Crippen LogP contribution in [0.15, 0.2) is 12.3 Å². The molecular weight excluding hydrogens is 262 g/mol. The van der Waals surface area contributed by atoms with E-state index >= 15 is 0 Å². The van der Waals surface area contributed by atoms with Crippen molar-refractivity contribution >= 4 is 5.82 Å². The summed E-state index contributed by atoms with van der Waals surface area (Å²) in [7, 11) is 0. The number of pyridine rings is 1. The maximum atomic E-state index is 6.05. The molecule has 3 heterocycles. The maximum absolute atomic E-state index is 6.05. The van der Waals surface area contributed by atoms with Crippen LogP contribution in [0, 0.1) is 0 Å². The zero-order chi connectivity index (χ0) is 14.4. The second-order valence-corrected chi connectivity index (χ2v) is 6.97. The number of aromatic nitrogens is 1. The van der Waals surface area contributed by atoms with Crippen LogP contribution in [-0.4, -0.2) is 48.2 Å². The van der Waals surface area contributed by atoms with Gasteiger partial charge in [0, 0.05) is 31.9 Å². The van der Waals surface area contributed by atoms with Crippen molar-refractivity contribution in [3.8, 4) is 5.75 Å². The van der Waals surface area contributed by atoms with Crippen LogP contribution < -0.4 is 9.64 Å². The minimum absolute atomic E-state index is 0.454. The number of nitrogens with zero attached hydrogens (tertiary/aromatic N) is 3. The Kier molecular flexibility index (Phi) is 3.29. The summed E-state index contributed by atoms with van der Waals surface area (Å²) >= 11 is 0. The monoisotopic (exact) mass is 287 g/mol. The normalized spacial score (nSPS) is 26.0. The molecule has 1 aromatic rings. The van der Waals surface area contributed by atoms with E-state index in [1.165, 1.54) is 24.8 Å². The molecule has 2 fully saturated rings. The fourth-order valence-corrected chi connectivity index (χ4v) is 3.70. The highest BCUT2D eigenvalue weighted by molar-refractivity contribution is 5.57. The third-order valence-corrected chi connectivity index (χ3v) is 5.38. The molecule has 1 saturated carbocycles. The Balaban J connectivity index is 1.56. The number of fused-ring (bicyclic) bond motifs is 3. The van der Waals surface area contributed by atoms with E-state index in [2.05, 4.69) is 35.9 Å². The van der Waals surface area contributed by atoms with Gasteiger partial charge in [-0.2, -0.15) is 0 Å².